The summed E-state index contributed by atoms with van der Waals surface area (Å²) < 4.78 is 0. The van der Waals surface area contributed by atoms with Crippen LogP contribution < -0.4 is 11.1 Å². The molecule has 0 aromatic rings. The van der Waals surface area contributed by atoms with Gasteiger partial charge in [0.05, 0.1) is 0 Å². The third kappa shape index (κ3) is 3.03. The van der Waals surface area contributed by atoms with Gasteiger partial charge in [0.2, 0.25) is 5.91 Å². The first kappa shape index (κ1) is 9.86. The Hall–Kier alpha value is -0.220. The van der Waals surface area contributed by atoms with Gasteiger partial charge < -0.3 is 11.1 Å². The first-order valence-corrected chi connectivity index (χ1v) is 5.38. The highest BCUT2D eigenvalue weighted by Crippen LogP contribution is 2.25. The van der Waals surface area contributed by atoms with Gasteiger partial charge >= 0.3 is 0 Å². The average Bonchev–Trinajstić information content (AvgIpc) is 2.36. The van der Waals surface area contributed by atoms with Gasteiger partial charge in [-0.1, -0.05) is 6.92 Å². The molecule has 3 N–H and O–H groups in total. The van der Waals surface area contributed by atoms with Crippen LogP contribution in [0, 0.1) is 0 Å². The molecule has 0 aliphatic carbocycles. The third-order valence-electron chi connectivity index (χ3n) is 2.15. The van der Waals surface area contributed by atoms with E-state index in [1.807, 2.05) is 11.8 Å². The minimum absolute atomic E-state index is 0.221. The molecular weight excluding hydrogens is 172 g/mol. The number of nitrogens with two attached hydrogens (primary N) is 1. The predicted octanol–water partition coefficient (Wildman–Crippen LogP) is 0.345. The fourth-order valence-corrected chi connectivity index (χ4v) is 2.61. The molecule has 4 heteroatoms. The van der Waals surface area contributed by atoms with E-state index < -0.39 is 0 Å². The first-order valence-electron chi connectivity index (χ1n) is 4.33. The topological polar surface area (TPSA) is 55.1 Å². The van der Waals surface area contributed by atoms with Crippen molar-refractivity contribution in [2.24, 2.45) is 5.73 Å². The molecule has 0 bridgehead atoms. The number of carbonyl (C=O) groups excluding carboxylic acids is 1. The lowest BCUT2D eigenvalue weighted by Gasteiger charge is -2.15. The van der Waals surface area contributed by atoms with Crippen molar-refractivity contribution in [1.82, 2.24) is 5.32 Å². The zero-order valence-electron chi connectivity index (χ0n) is 7.38. The largest absolute Gasteiger partial charge is 0.370 e. The van der Waals surface area contributed by atoms with Crippen LogP contribution in [-0.2, 0) is 4.79 Å². The van der Waals surface area contributed by atoms with E-state index in [4.69, 9.17) is 5.73 Å². The summed E-state index contributed by atoms with van der Waals surface area (Å²) in [6.07, 6.45) is 1.67. The van der Waals surface area contributed by atoms with E-state index >= 15 is 0 Å². The normalized spacial score (nSPS) is 29.1. The first-order chi connectivity index (χ1) is 5.70. The van der Waals surface area contributed by atoms with Crippen LogP contribution in [0.15, 0.2) is 0 Å². The highest BCUT2D eigenvalue weighted by atomic mass is 32.2. The van der Waals surface area contributed by atoms with Crippen LogP contribution in [0.1, 0.15) is 19.8 Å². The third-order valence-corrected chi connectivity index (χ3v) is 3.48. The molecule has 2 unspecified atom stereocenters. The zero-order valence-corrected chi connectivity index (χ0v) is 8.19. The molecule has 70 valence electrons. The quantitative estimate of drug-likeness (QED) is 0.669. The molecule has 0 spiro atoms. The average molecular weight is 188 g/mol. The minimum atomic E-state index is -0.221. The van der Waals surface area contributed by atoms with Crippen molar-refractivity contribution in [3.63, 3.8) is 0 Å². The second-order valence-electron chi connectivity index (χ2n) is 3.14. The minimum Gasteiger partial charge on any atom is -0.370 e. The summed E-state index contributed by atoms with van der Waals surface area (Å²) in [7, 11) is 0. The maximum atomic E-state index is 10.4. The fraction of sp³-hybridized carbons (Fsp3) is 0.875. The van der Waals surface area contributed by atoms with Crippen LogP contribution in [0.25, 0.3) is 0 Å². The Balaban J connectivity index is 2.10. The number of hydrogen-bond acceptors (Lipinski definition) is 3. The summed E-state index contributed by atoms with van der Waals surface area (Å²) in [6.45, 7) is 2.95. The van der Waals surface area contributed by atoms with Crippen LogP contribution in [0.5, 0.6) is 0 Å². The van der Waals surface area contributed by atoms with E-state index in [1.54, 1.807) is 0 Å². The number of amides is 1. The van der Waals surface area contributed by atoms with Crippen LogP contribution >= 0.6 is 11.8 Å². The number of primary amides is 1. The van der Waals surface area contributed by atoms with Gasteiger partial charge in [-0.05, 0) is 12.2 Å². The Kier molecular flexibility index (Phi) is 3.88. The van der Waals surface area contributed by atoms with E-state index in [9.17, 15) is 4.79 Å². The molecule has 0 saturated carbocycles. The summed E-state index contributed by atoms with van der Waals surface area (Å²) in [6, 6.07) is 0.578. The van der Waals surface area contributed by atoms with Crippen molar-refractivity contribution in [2.45, 2.75) is 31.1 Å². The van der Waals surface area contributed by atoms with Crippen LogP contribution in [0.4, 0.5) is 0 Å². The van der Waals surface area contributed by atoms with E-state index in [0.717, 1.165) is 6.54 Å². The lowest BCUT2D eigenvalue weighted by Crippen LogP contribution is -2.35. The fourth-order valence-electron chi connectivity index (χ4n) is 1.38. The molecule has 1 aliphatic rings. The molecule has 12 heavy (non-hydrogen) atoms. The molecule has 1 fully saturated rings. The summed E-state index contributed by atoms with van der Waals surface area (Å²) >= 11 is 1.99. The SMILES string of the molecule is CC1SCCC1NCCC(N)=O. The van der Waals surface area contributed by atoms with Crippen molar-refractivity contribution in [1.29, 1.82) is 0 Å². The lowest BCUT2D eigenvalue weighted by molar-refractivity contribution is -0.117. The Bertz CT molecular complexity index is 163. The maximum Gasteiger partial charge on any atom is 0.218 e. The van der Waals surface area contributed by atoms with Crippen molar-refractivity contribution >= 4 is 17.7 Å². The summed E-state index contributed by atoms with van der Waals surface area (Å²) in [5.41, 5.74) is 5.03. The molecule has 1 heterocycles. The number of carbonyl (C=O) groups is 1. The second-order valence-corrected chi connectivity index (χ2v) is 4.63. The summed E-state index contributed by atoms with van der Waals surface area (Å²) in [5.74, 6) is 1.01. The van der Waals surface area contributed by atoms with E-state index in [-0.39, 0.29) is 5.91 Å². The van der Waals surface area contributed by atoms with Gasteiger partial charge in [-0.2, -0.15) is 11.8 Å². The van der Waals surface area contributed by atoms with Gasteiger partial charge in [-0.15, -0.1) is 0 Å². The van der Waals surface area contributed by atoms with E-state index in [0.29, 0.717) is 17.7 Å². The maximum absolute atomic E-state index is 10.4. The van der Waals surface area contributed by atoms with Crippen molar-refractivity contribution in [2.75, 3.05) is 12.3 Å². The monoisotopic (exact) mass is 188 g/mol. The number of hydrogen-bond donors (Lipinski definition) is 2. The van der Waals surface area contributed by atoms with Gasteiger partial charge in [0.1, 0.15) is 0 Å². The second kappa shape index (κ2) is 4.72. The highest BCUT2D eigenvalue weighted by Gasteiger charge is 2.22. The Morgan fingerprint density at radius 2 is 2.50 bits per heavy atom. The Morgan fingerprint density at radius 1 is 1.75 bits per heavy atom. The van der Waals surface area contributed by atoms with Gasteiger partial charge in [-0.25, -0.2) is 0 Å². The number of thioether (sulfide) groups is 1. The zero-order chi connectivity index (χ0) is 8.97. The van der Waals surface area contributed by atoms with Crippen LogP contribution in [0.2, 0.25) is 0 Å². The van der Waals surface area contributed by atoms with E-state index in [1.165, 1.54) is 12.2 Å². The highest BCUT2D eigenvalue weighted by molar-refractivity contribution is 8.00. The molecule has 0 aromatic heterocycles. The molecule has 1 rings (SSSR count). The molecule has 2 atom stereocenters. The van der Waals surface area contributed by atoms with Gasteiger partial charge in [-0.3, -0.25) is 4.79 Å². The van der Waals surface area contributed by atoms with Crippen molar-refractivity contribution < 1.29 is 4.79 Å². The number of nitrogens with one attached hydrogen (secondary N) is 1. The molecule has 0 radical (unpaired) electrons. The van der Waals surface area contributed by atoms with Gasteiger partial charge in [0.15, 0.2) is 0 Å². The predicted molar refractivity (Wildman–Crippen MR) is 52.1 cm³/mol. The van der Waals surface area contributed by atoms with Crippen LogP contribution in [-0.4, -0.2) is 29.5 Å². The Morgan fingerprint density at radius 3 is 3.00 bits per heavy atom. The summed E-state index contributed by atoms with van der Waals surface area (Å²) in [5, 5.41) is 4.02. The molecule has 0 aromatic carbocycles. The van der Waals surface area contributed by atoms with Gasteiger partial charge in [0.25, 0.3) is 0 Å². The molecule has 3 nitrogen and oxygen atoms in total. The standard InChI is InChI=1S/C8H16N2OS/c1-6-7(3-5-12-6)10-4-2-8(9)11/h6-7,10H,2-5H2,1H3,(H2,9,11). The molecule has 1 amide bonds. The van der Waals surface area contributed by atoms with E-state index in [2.05, 4.69) is 12.2 Å². The van der Waals surface area contributed by atoms with Crippen molar-refractivity contribution in [3.8, 4) is 0 Å². The Labute approximate surface area is 77.5 Å². The smallest absolute Gasteiger partial charge is 0.218 e. The number of rotatable bonds is 4. The van der Waals surface area contributed by atoms with Crippen LogP contribution in [0.3, 0.4) is 0 Å². The lowest BCUT2D eigenvalue weighted by atomic mass is 10.2. The molecule has 1 saturated heterocycles. The van der Waals surface area contributed by atoms with Gasteiger partial charge in [0, 0.05) is 24.3 Å². The molecule has 1 aliphatic heterocycles. The summed E-state index contributed by atoms with van der Waals surface area (Å²) in [4.78, 5) is 10.4. The van der Waals surface area contributed by atoms with Crippen molar-refractivity contribution in [3.05, 3.63) is 0 Å². The molecular formula is C8H16N2OS.